The lowest BCUT2D eigenvalue weighted by Gasteiger charge is -2.20. The first kappa shape index (κ1) is 14.3. The summed E-state index contributed by atoms with van der Waals surface area (Å²) in [5, 5.41) is 0. The molecule has 0 aromatic heterocycles. The molecule has 19 heavy (non-hydrogen) atoms. The number of nitrogens with two attached hydrogens (primary N) is 1. The van der Waals surface area contributed by atoms with Crippen molar-refractivity contribution in [2.75, 3.05) is 6.61 Å². The van der Waals surface area contributed by atoms with E-state index < -0.39 is 11.7 Å². The first-order valence-corrected chi connectivity index (χ1v) is 6.25. The molecule has 2 rings (SSSR count). The summed E-state index contributed by atoms with van der Waals surface area (Å²) in [7, 11) is 0. The van der Waals surface area contributed by atoms with Gasteiger partial charge < -0.3 is 4.74 Å². The average molecular weight is 274 g/mol. The van der Waals surface area contributed by atoms with Gasteiger partial charge in [0.15, 0.2) is 0 Å². The molecule has 6 heteroatoms. The Morgan fingerprint density at radius 3 is 2.47 bits per heavy atom. The lowest BCUT2D eigenvalue weighted by Crippen LogP contribution is -2.30. The van der Waals surface area contributed by atoms with Crippen molar-refractivity contribution >= 4 is 0 Å². The van der Waals surface area contributed by atoms with Gasteiger partial charge in [-0.15, -0.1) is 0 Å². The van der Waals surface area contributed by atoms with Crippen LogP contribution in [0, 0.1) is 0 Å². The van der Waals surface area contributed by atoms with E-state index in [-0.39, 0.29) is 12.1 Å². The normalized spacial score (nSPS) is 21.6. The van der Waals surface area contributed by atoms with E-state index in [1.807, 2.05) is 0 Å². The van der Waals surface area contributed by atoms with Crippen LogP contribution in [-0.4, -0.2) is 12.7 Å². The van der Waals surface area contributed by atoms with Crippen LogP contribution in [0.2, 0.25) is 0 Å². The minimum absolute atomic E-state index is 0.128. The van der Waals surface area contributed by atoms with Gasteiger partial charge in [-0.2, -0.15) is 13.2 Å². The average Bonchev–Trinajstić information content (AvgIpc) is 2.88. The van der Waals surface area contributed by atoms with Crippen molar-refractivity contribution < 1.29 is 17.9 Å². The monoisotopic (exact) mass is 274 g/mol. The van der Waals surface area contributed by atoms with Gasteiger partial charge in [0.05, 0.1) is 11.7 Å². The van der Waals surface area contributed by atoms with Crippen molar-refractivity contribution in [3.05, 3.63) is 35.4 Å². The molecule has 0 saturated carbocycles. The van der Waals surface area contributed by atoms with E-state index in [9.17, 15) is 13.2 Å². The van der Waals surface area contributed by atoms with Gasteiger partial charge >= 0.3 is 6.18 Å². The molecular formula is C13H17F3N2O. The van der Waals surface area contributed by atoms with Gasteiger partial charge in [0, 0.05) is 12.6 Å². The van der Waals surface area contributed by atoms with Crippen LogP contribution in [0.15, 0.2) is 24.3 Å². The van der Waals surface area contributed by atoms with Crippen LogP contribution in [-0.2, 0) is 10.9 Å². The Bertz CT molecular complexity index is 399. The minimum Gasteiger partial charge on any atom is -0.378 e. The number of ether oxygens (including phenoxy) is 1. The molecule has 1 heterocycles. The molecule has 1 aromatic rings. The van der Waals surface area contributed by atoms with Crippen molar-refractivity contribution in [2.45, 2.75) is 37.6 Å². The fourth-order valence-electron chi connectivity index (χ4n) is 2.30. The van der Waals surface area contributed by atoms with Crippen molar-refractivity contribution in [1.29, 1.82) is 0 Å². The van der Waals surface area contributed by atoms with Crippen LogP contribution in [0.4, 0.5) is 13.2 Å². The SMILES string of the molecule is NNC(CC1CCCO1)c1ccc(C(F)(F)F)cc1. The molecule has 2 unspecified atom stereocenters. The topological polar surface area (TPSA) is 47.3 Å². The Labute approximate surface area is 109 Å². The predicted octanol–water partition coefficient (Wildman–Crippen LogP) is 2.78. The molecule has 0 spiro atoms. The molecule has 2 atom stereocenters. The summed E-state index contributed by atoms with van der Waals surface area (Å²) < 4.78 is 42.9. The number of benzene rings is 1. The summed E-state index contributed by atoms with van der Waals surface area (Å²) in [4.78, 5) is 0. The number of nitrogens with one attached hydrogen (secondary N) is 1. The van der Waals surface area contributed by atoms with Gasteiger partial charge in [0.2, 0.25) is 0 Å². The van der Waals surface area contributed by atoms with Crippen LogP contribution < -0.4 is 11.3 Å². The third-order valence-corrected chi connectivity index (χ3v) is 3.36. The number of halogens is 3. The van der Waals surface area contributed by atoms with Gasteiger partial charge in [-0.05, 0) is 37.0 Å². The second kappa shape index (κ2) is 5.90. The fourth-order valence-corrected chi connectivity index (χ4v) is 2.30. The van der Waals surface area contributed by atoms with Gasteiger partial charge in [-0.25, -0.2) is 0 Å². The second-order valence-corrected chi connectivity index (χ2v) is 4.71. The van der Waals surface area contributed by atoms with Crippen molar-refractivity contribution in [2.24, 2.45) is 5.84 Å². The first-order chi connectivity index (χ1) is 9.00. The lowest BCUT2D eigenvalue weighted by atomic mass is 9.99. The van der Waals surface area contributed by atoms with Gasteiger partial charge in [0.1, 0.15) is 0 Å². The maximum atomic E-state index is 12.5. The zero-order chi connectivity index (χ0) is 13.9. The predicted molar refractivity (Wildman–Crippen MR) is 65.1 cm³/mol. The number of hydrogen-bond donors (Lipinski definition) is 2. The van der Waals surface area contributed by atoms with E-state index >= 15 is 0 Å². The summed E-state index contributed by atoms with van der Waals surface area (Å²) in [6.45, 7) is 0.745. The molecule has 106 valence electrons. The van der Waals surface area contributed by atoms with Crippen LogP contribution in [0.3, 0.4) is 0 Å². The molecule has 1 aromatic carbocycles. The van der Waals surface area contributed by atoms with Crippen molar-refractivity contribution in [3.8, 4) is 0 Å². The molecule has 0 aliphatic carbocycles. The molecule has 0 bridgehead atoms. The van der Waals surface area contributed by atoms with Crippen LogP contribution in [0.5, 0.6) is 0 Å². The summed E-state index contributed by atoms with van der Waals surface area (Å²) in [5.41, 5.74) is 2.73. The number of hydrogen-bond acceptors (Lipinski definition) is 3. The molecule has 1 aliphatic heterocycles. The standard InChI is InChI=1S/C13H17F3N2O/c14-13(15,16)10-5-3-9(4-6-10)12(18-17)8-11-2-1-7-19-11/h3-6,11-12,18H,1-2,7-8,17H2. The molecule has 0 amide bonds. The highest BCUT2D eigenvalue weighted by Crippen LogP contribution is 2.31. The first-order valence-electron chi connectivity index (χ1n) is 6.25. The maximum Gasteiger partial charge on any atom is 0.416 e. The number of hydrazine groups is 1. The largest absolute Gasteiger partial charge is 0.416 e. The molecular weight excluding hydrogens is 257 g/mol. The number of alkyl halides is 3. The van der Waals surface area contributed by atoms with E-state index in [2.05, 4.69) is 5.43 Å². The van der Waals surface area contributed by atoms with E-state index in [1.54, 1.807) is 0 Å². The van der Waals surface area contributed by atoms with E-state index in [0.717, 1.165) is 37.1 Å². The summed E-state index contributed by atoms with van der Waals surface area (Å²) >= 11 is 0. The van der Waals surface area contributed by atoms with E-state index in [4.69, 9.17) is 10.6 Å². The quantitative estimate of drug-likeness (QED) is 0.655. The van der Waals surface area contributed by atoms with Crippen LogP contribution >= 0.6 is 0 Å². The Morgan fingerprint density at radius 1 is 1.32 bits per heavy atom. The van der Waals surface area contributed by atoms with Crippen LogP contribution in [0.1, 0.15) is 36.4 Å². The molecule has 3 nitrogen and oxygen atoms in total. The maximum absolute atomic E-state index is 12.5. The van der Waals surface area contributed by atoms with Gasteiger partial charge in [-0.3, -0.25) is 11.3 Å². The summed E-state index contributed by atoms with van der Waals surface area (Å²) in [6.07, 6.45) is -1.52. The van der Waals surface area contributed by atoms with Gasteiger partial charge in [-0.1, -0.05) is 12.1 Å². The highest BCUT2D eigenvalue weighted by Gasteiger charge is 2.30. The zero-order valence-corrected chi connectivity index (χ0v) is 10.4. The van der Waals surface area contributed by atoms with Crippen molar-refractivity contribution in [3.63, 3.8) is 0 Å². The Balaban J connectivity index is 2.05. The fraction of sp³-hybridized carbons (Fsp3) is 0.538. The highest BCUT2D eigenvalue weighted by atomic mass is 19.4. The Kier molecular flexibility index (Phi) is 4.44. The minimum atomic E-state index is -4.31. The molecule has 3 N–H and O–H groups in total. The third-order valence-electron chi connectivity index (χ3n) is 3.36. The highest BCUT2D eigenvalue weighted by molar-refractivity contribution is 5.26. The summed E-state index contributed by atoms with van der Waals surface area (Å²) in [5.74, 6) is 5.48. The van der Waals surface area contributed by atoms with Gasteiger partial charge in [0.25, 0.3) is 0 Å². The van der Waals surface area contributed by atoms with E-state index in [0.29, 0.717) is 6.42 Å². The smallest absolute Gasteiger partial charge is 0.378 e. The summed E-state index contributed by atoms with van der Waals surface area (Å²) in [6, 6.07) is 4.89. The molecule has 0 radical (unpaired) electrons. The Morgan fingerprint density at radius 2 is 2.00 bits per heavy atom. The van der Waals surface area contributed by atoms with E-state index in [1.165, 1.54) is 12.1 Å². The zero-order valence-electron chi connectivity index (χ0n) is 10.4. The van der Waals surface area contributed by atoms with Crippen LogP contribution in [0.25, 0.3) is 0 Å². The molecule has 1 aliphatic rings. The number of rotatable bonds is 4. The Hall–Kier alpha value is -1.11. The lowest BCUT2D eigenvalue weighted by molar-refractivity contribution is -0.137. The third kappa shape index (κ3) is 3.68. The second-order valence-electron chi connectivity index (χ2n) is 4.71. The van der Waals surface area contributed by atoms with Crippen molar-refractivity contribution in [1.82, 2.24) is 5.43 Å². The molecule has 1 fully saturated rings. The molecule has 1 saturated heterocycles.